The number of hydrogen-bond donors (Lipinski definition) is 6. The van der Waals surface area contributed by atoms with E-state index >= 15 is 0 Å². The van der Waals surface area contributed by atoms with Crippen LogP contribution in [-0.4, -0.2) is 35.5 Å². The van der Waals surface area contributed by atoms with Crippen LogP contribution < -0.4 is 27.8 Å². The lowest BCUT2D eigenvalue weighted by atomic mass is 10.0. The van der Waals surface area contributed by atoms with Crippen molar-refractivity contribution in [3.63, 3.8) is 0 Å². The van der Waals surface area contributed by atoms with Gasteiger partial charge in [0.2, 0.25) is 17.7 Å². The van der Waals surface area contributed by atoms with Gasteiger partial charge < -0.3 is 27.8 Å². The summed E-state index contributed by atoms with van der Waals surface area (Å²) >= 11 is 0. The number of nitrogens with one attached hydrogen (secondary N) is 3. The molecule has 4 amide bonds. The van der Waals surface area contributed by atoms with E-state index in [-0.39, 0.29) is 11.4 Å². The Hall–Kier alpha value is -4.21. The topological polar surface area (TPSA) is 194 Å². The molecule has 0 aliphatic carbocycles. The Balaban J connectivity index is 2.29. The van der Waals surface area contributed by atoms with E-state index in [0.29, 0.717) is 11.1 Å². The SMILES string of the molecule is N=C(N)c1cccc(C(=O)N[C@@H](C(=O)N[C@@H](CC(N)=O)C(N)=O)c2ccccc2)c1. The highest BCUT2D eigenvalue weighted by molar-refractivity contribution is 6.02. The van der Waals surface area contributed by atoms with Gasteiger partial charge in [0, 0.05) is 11.1 Å². The van der Waals surface area contributed by atoms with Crippen LogP contribution in [0.4, 0.5) is 0 Å². The van der Waals surface area contributed by atoms with E-state index in [9.17, 15) is 19.2 Å². The molecule has 30 heavy (non-hydrogen) atoms. The van der Waals surface area contributed by atoms with E-state index in [0.717, 1.165) is 0 Å². The summed E-state index contributed by atoms with van der Waals surface area (Å²) in [6, 6.07) is 11.8. The van der Waals surface area contributed by atoms with Crippen molar-refractivity contribution >= 4 is 29.5 Å². The minimum Gasteiger partial charge on any atom is -0.384 e. The summed E-state index contributed by atoms with van der Waals surface area (Å²) in [5.41, 5.74) is 16.7. The lowest BCUT2D eigenvalue weighted by Gasteiger charge is -2.22. The third-order valence-corrected chi connectivity index (χ3v) is 4.17. The maximum Gasteiger partial charge on any atom is 0.252 e. The van der Waals surface area contributed by atoms with Crippen molar-refractivity contribution in [3.05, 3.63) is 71.3 Å². The molecule has 0 heterocycles. The zero-order valence-corrected chi connectivity index (χ0v) is 15.9. The quantitative estimate of drug-likeness (QED) is 0.234. The molecule has 0 saturated heterocycles. The third kappa shape index (κ3) is 5.89. The minimum absolute atomic E-state index is 0.181. The Kier molecular flexibility index (Phi) is 7.23. The summed E-state index contributed by atoms with van der Waals surface area (Å²) in [7, 11) is 0. The maximum atomic E-state index is 12.8. The van der Waals surface area contributed by atoms with E-state index in [1.807, 2.05) is 0 Å². The molecule has 0 aliphatic heterocycles. The van der Waals surface area contributed by atoms with E-state index in [1.165, 1.54) is 12.1 Å². The van der Waals surface area contributed by atoms with Crippen LogP contribution in [0.25, 0.3) is 0 Å². The molecule has 9 N–H and O–H groups in total. The summed E-state index contributed by atoms with van der Waals surface area (Å²) in [6.45, 7) is 0. The van der Waals surface area contributed by atoms with E-state index in [1.54, 1.807) is 42.5 Å². The van der Waals surface area contributed by atoms with Crippen molar-refractivity contribution in [2.75, 3.05) is 0 Å². The molecule has 0 unspecified atom stereocenters. The zero-order valence-electron chi connectivity index (χ0n) is 15.9. The molecule has 10 nitrogen and oxygen atoms in total. The van der Waals surface area contributed by atoms with Crippen molar-refractivity contribution in [1.82, 2.24) is 10.6 Å². The summed E-state index contributed by atoms with van der Waals surface area (Å²) in [5.74, 6) is -3.32. The molecule has 0 radical (unpaired) electrons. The number of carbonyl (C=O) groups is 4. The molecule has 0 aromatic heterocycles. The molecule has 2 atom stereocenters. The van der Waals surface area contributed by atoms with Gasteiger partial charge in [0.15, 0.2) is 0 Å². The molecule has 156 valence electrons. The number of amidine groups is 1. The lowest BCUT2D eigenvalue weighted by molar-refractivity contribution is -0.130. The van der Waals surface area contributed by atoms with Gasteiger partial charge in [-0.25, -0.2) is 0 Å². The van der Waals surface area contributed by atoms with Crippen LogP contribution in [0.15, 0.2) is 54.6 Å². The fourth-order valence-electron chi connectivity index (χ4n) is 2.67. The van der Waals surface area contributed by atoms with Gasteiger partial charge in [-0.3, -0.25) is 24.6 Å². The van der Waals surface area contributed by atoms with Gasteiger partial charge in [-0.1, -0.05) is 42.5 Å². The zero-order chi connectivity index (χ0) is 22.3. The number of primary amides is 2. The first-order valence-corrected chi connectivity index (χ1v) is 8.87. The molecular weight excluding hydrogens is 388 g/mol. The highest BCUT2D eigenvalue weighted by Crippen LogP contribution is 2.15. The standard InChI is InChI=1S/C20H22N6O4/c21-15(27)10-14(18(24)28)25-20(30)16(11-5-2-1-3-6-11)26-19(29)13-8-4-7-12(9-13)17(22)23/h1-9,14,16H,10H2,(H2,21,27)(H3,22,23)(H2,24,28)(H,25,30)(H,26,29)/t14-,16+/m0/s1. The maximum absolute atomic E-state index is 12.8. The van der Waals surface area contributed by atoms with Crippen LogP contribution in [0.2, 0.25) is 0 Å². The Morgan fingerprint density at radius 2 is 1.50 bits per heavy atom. The van der Waals surface area contributed by atoms with Gasteiger partial charge in [-0.05, 0) is 17.7 Å². The highest BCUT2D eigenvalue weighted by atomic mass is 16.2. The molecule has 2 aromatic rings. The van der Waals surface area contributed by atoms with Gasteiger partial charge in [-0.15, -0.1) is 0 Å². The summed E-state index contributed by atoms with van der Waals surface area (Å²) in [5, 5.41) is 12.4. The van der Waals surface area contributed by atoms with Crippen LogP contribution in [-0.2, 0) is 14.4 Å². The molecule has 0 aliphatic rings. The second-order valence-corrected chi connectivity index (χ2v) is 6.45. The number of nitrogens with two attached hydrogens (primary N) is 3. The van der Waals surface area contributed by atoms with Crippen LogP contribution in [0.5, 0.6) is 0 Å². The van der Waals surface area contributed by atoms with Gasteiger partial charge in [-0.2, -0.15) is 0 Å². The predicted octanol–water partition coefficient (Wildman–Crippen LogP) is -0.713. The first kappa shape index (κ1) is 22.1. The monoisotopic (exact) mass is 410 g/mol. The van der Waals surface area contributed by atoms with Gasteiger partial charge in [0.1, 0.15) is 17.9 Å². The van der Waals surface area contributed by atoms with Crippen molar-refractivity contribution in [2.24, 2.45) is 17.2 Å². The smallest absolute Gasteiger partial charge is 0.252 e. The number of rotatable bonds is 9. The van der Waals surface area contributed by atoms with Gasteiger partial charge in [0.05, 0.1) is 6.42 Å². The molecule has 10 heteroatoms. The minimum atomic E-state index is -1.32. The number of nitrogen functional groups attached to an aromatic ring is 1. The second kappa shape index (κ2) is 9.82. The Bertz CT molecular complexity index is 976. The molecular formula is C20H22N6O4. The Morgan fingerprint density at radius 1 is 0.867 bits per heavy atom. The van der Waals surface area contributed by atoms with Crippen molar-refractivity contribution < 1.29 is 19.2 Å². The second-order valence-electron chi connectivity index (χ2n) is 6.45. The Morgan fingerprint density at radius 3 is 2.07 bits per heavy atom. The van der Waals surface area contributed by atoms with Gasteiger partial charge >= 0.3 is 0 Å². The van der Waals surface area contributed by atoms with Crippen LogP contribution in [0, 0.1) is 5.41 Å². The average molecular weight is 410 g/mol. The van der Waals surface area contributed by atoms with E-state index in [4.69, 9.17) is 22.6 Å². The molecule has 0 saturated carbocycles. The average Bonchev–Trinajstić information content (AvgIpc) is 2.71. The number of amides is 4. The predicted molar refractivity (Wildman–Crippen MR) is 109 cm³/mol. The first-order valence-electron chi connectivity index (χ1n) is 8.87. The number of benzene rings is 2. The van der Waals surface area contributed by atoms with Gasteiger partial charge in [0.25, 0.3) is 5.91 Å². The Labute approximate surface area is 172 Å². The molecule has 0 bridgehead atoms. The molecule has 0 spiro atoms. The van der Waals surface area contributed by atoms with Crippen molar-refractivity contribution in [3.8, 4) is 0 Å². The van der Waals surface area contributed by atoms with E-state index in [2.05, 4.69) is 10.6 Å². The van der Waals surface area contributed by atoms with Crippen LogP contribution in [0.1, 0.15) is 33.9 Å². The van der Waals surface area contributed by atoms with Crippen molar-refractivity contribution in [2.45, 2.75) is 18.5 Å². The lowest BCUT2D eigenvalue weighted by Crippen LogP contribution is -2.50. The summed E-state index contributed by atoms with van der Waals surface area (Å²) < 4.78 is 0. The number of hydrogen-bond acceptors (Lipinski definition) is 5. The molecule has 2 rings (SSSR count). The molecule has 0 fully saturated rings. The summed E-state index contributed by atoms with van der Waals surface area (Å²) in [6.07, 6.45) is -0.475. The van der Waals surface area contributed by atoms with Crippen molar-refractivity contribution in [1.29, 1.82) is 5.41 Å². The molecule has 2 aromatic carbocycles. The third-order valence-electron chi connectivity index (χ3n) is 4.17. The first-order chi connectivity index (χ1) is 14.2. The fourth-order valence-corrected chi connectivity index (χ4v) is 2.67. The fraction of sp³-hybridized carbons (Fsp3) is 0.150. The largest absolute Gasteiger partial charge is 0.384 e. The summed E-state index contributed by atoms with van der Waals surface area (Å²) in [4.78, 5) is 48.3. The normalized spacial score (nSPS) is 12.3. The van der Waals surface area contributed by atoms with Crippen LogP contribution >= 0.6 is 0 Å². The van der Waals surface area contributed by atoms with E-state index < -0.39 is 42.1 Å². The highest BCUT2D eigenvalue weighted by Gasteiger charge is 2.28. The van der Waals surface area contributed by atoms with Crippen LogP contribution in [0.3, 0.4) is 0 Å². The number of carbonyl (C=O) groups excluding carboxylic acids is 4.